The van der Waals surface area contributed by atoms with Crippen LogP contribution >= 0.6 is 0 Å². The lowest BCUT2D eigenvalue weighted by Gasteiger charge is -2.50. The molecule has 1 aliphatic carbocycles. The summed E-state index contributed by atoms with van der Waals surface area (Å²) in [7, 11) is 6.61. The van der Waals surface area contributed by atoms with Gasteiger partial charge in [-0.15, -0.1) is 0 Å². The van der Waals surface area contributed by atoms with Crippen LogP contribution < -0.4 is 5.32 Å². The summed E-state index contributed by atoms with van der Waals surface area (Å²) in [5.74, 6) is 0.812. The third-order valence-corrected chi connectivity index (χ3v) is 5.10. The largest absolute Gasteiger partial charge is 0.311 e. The standard InChI is InChI=1S/C18H30N2/c1-14-8-6-10-16(12-14)17(19-3)18(20(4)5)11-7-9-15(2)13-18/h6,8,10,12,15,17,19H,7,9,11,13H2,1-5H3. The molecule has 0 saturated heterocycles. The first-order valence-corrected chi connectivity index (χ1v) is 7.91. The topological polar surface area (TPSA) is 15.3 Å². The van der Waals surface area contributed by atoms with Crippen LogP contribution in [0.4, 0.5) is 0 Å². The number of aryl methyl sites for hydroxylation is 1. The molecule has 0 amide bonds. The summed E-state index contributed by atoms with van der Waals surface area (Å²) in [6.45, 7) is 4.59. The first kappa shape index (κ1) is 15.5. The van der Waals surface area contributed by atoms with E-state index >= 15 is 0 Å². The highest BCUT2D eigenvalue weighted by Gasteiger charge is 2.43. The van der Waals surface area contributed by atoms with Gasteiger partial charge < -0.3 is 10.2 Å². The van der Waals surface area contributed by atoms with Gasteiger partial charge in [-0.05, 0) is 52.4 Å². The second kappa shape index (κ2) is 6.28. The number of nitrogens with one attached hydrogen (secondary N) is 1. The first-order chi connectivity index (χ1) is 9.49. The van der Waals surface area contributed by atoms with Crippen molar-refractivity contribution in [1.29, 1.82) is 0 Å². The van der Waals surface area contributed by atoms with Crippen LogP contribution in [0.5, 0.6) is 0 Å². The molecule has 1 aromatic carbocycles. The van der Waals surface area contributed by atoms with Gasteiger partial charge in [0.1, 0.15) is 0 Å². The minimum absolute atomic E-state index is 0.236. The predicted molar refractivity (Wildman–Crippen MR) is 87.0 cm³/mol. The zero-order valence-electron chi connectivity index (χ0n) is 13.7. The number of benzene rings is 1. The second-order valence-corrected chi connectivity index (χ2v) is 6.84. The zero-order chi connectivity index (χ0) is 14.8. The number of hydrogen-bond donors (Lipinski definition) is 1. The molecule has 1 aromatic rings. The molecule has 2 nitrogen and oxygen atoms in total. The van der Waals surface area contributed by atoms with Crippen LogP contribution in [-0.2, 0) is 0 Å². The maximum Gasteiger partial charge on any atom is 0.0504 e. The number of likely N-dealkylation sites (N-methyl/N-ethyl adjacent to an activating group) is 2. The first-order valence-electron chi connectivity index (χ1n) is 7.91. The number of hydrogen-bond acceptors (Lipinski definition) is 2. The average molecular weight is 274 g/mol. The summed E-state index contributed by atoms with van der Waals surface area (Å²) in [6, 6.07) is 9.39. The lowest BCUT2D eigenvalue weighted by molar-refractivity contribution is 0.0393. The predicted octanol–water partition coefficient (Wildman–Crippen LogP) is 3.77. The Hall–Kier alpha value is -0.860. The van der Waals surface area contributed by atoms with Crippen molar-refractivity contribution in [1.82, 2.24) is 10.2 Å². The molecule has 1 saturated carbocycles. The molecular weight excluding hydrogens is 244 g/mol. The molecule has 0 bridgehead atoms. The van der Waals surface area contributed by atoms with Crippen molar-refractivity contribution in [2.75, 3.05) is 21.1 Å². The minimum atomic E-state index is 0.236. The molecule has 0 spiro atoms. The van der Waals surface area contributed by atoms with Gasteiger partial charge in [0.25, 0.3) is 0 Å². The third kappa shape index (κ3) is 2.91. The van der Waals surface area contributed by atoms with E-state index < -0.39 is 0 Å². The Morgan fingerprint density at radius 3 is 2.65 bits per heavy atom. The van der Waals surface area contributed by atoms with E-state index in [0.717, 1.165) is 5.92 Å². The van der Waals surface area contributed by atoms with Crippen molar-refractivity contribution in [2.24, 2.45) is 5.92 Å². The Morgan fingerprint density at radius 1 is 1.35 bits per heavy atom. The Bertz CT molecular complexity index is 441. The minimum Gasteiger partial charge on any atom is -0.311 e. The van der Waals surface area contributed by atoms with Crippen LogP contribution in [0.3, 0.4) is 0 Å². The molecule has 1 aliphatic rings. The summed E-state index contributed by atoms with van der Waals surface area (Å²) in [6.07, 6.45) is 5.27. The van der Waals surface area contributed by atoms with Gasteiger partial charge >= 0.3 is 0 Å². The van der Waals surface area contributed by atoms with Gasteiger partial charge in [0.2, 0.25) is 0 Å². The highest BCUT2D eigenvalue weighted by atomic mass is 15.2. The van der Waals surface area contributed by atoms with E-state index in [-0.39, 0.29) is 5.54 Å². The van der Waals surface area contributed by atoms with E-state index in [0.29, 0.717) is 6.04 Å². The molecule has 0 heterocycles. The van der Waals surface area contributed by atoms with E-state index in [1.165, 1.54) is 36.8 Å². The highest BCUT2D eigenvalue weighted by Crippen LogP contribution is 2.43. The lowest BCUT2D eigenvalue weighted by Crippen LogP contribution is -2.55. The van der Waals surface area contributed by atoms with Gasteiger partial charge in [-0.2, -0.15) is 0 Å². The molecule has 0 aliphatic heterocycles. The molecular formula is C18H30N2. The van der Waals surface area contributed by atoms with Crippen LogP contribution in [0.25, 0.3) is 0 Å². The molecule has 2 heteroatoms. The van der Waals surface area contributed by atoms with Gasteiger partial charge in [0, 0.05) is 5.54 Å². The molecule has 3 atom stereocenters. The summed E-state index contributed by atoms with van der Waals surface area (Å²) < 4.78 is 0. The molecule has 1 fully saturated rings. The fourth-order valence-electron chi connectivity index (χ4n) is 4.09. The molecule has 0 radical (unpaired) electrons. The van der Waals surface area contributed by atoms with Gasteiger partial charge in [-0.3, -0.25) is 0 Å². The fourth-order valence-corrected chi connectivity index (χ4v) is 4.09. The molecule has 3 unspecified atom stereocenters. The average Bonchev–Trinajstić information content (AvgIpc) is 2.39. The zero-order valence-corrected chi connectivity index (χ0v) is 13.7. The van der Waals surface area contributed by atoms with E-state index in [4.69, 9.17) is 0 Å². The van der Waals surface area contributed by atoms with E-state index in [9.17, 15) is 0 Å². The van der Waals surface area contributed by atoms with Crippen LogP contribution in [0.15, 0.2) is 24.3 Å². The second-order valence-electron chi connectivity index (χ2n) is 6.84. The summed E-state index contributed by atoms with van der Waals surface area (Å²) in [4.78, 5) is 2.46. The summed E-state index contributed by atoms with van der Waals surface area (Å²) >= 11 is 0. The Balaban J connectivity index is 2.40. The van der Waals surface area contributed by atoms with Crippen LogP contribution in [0, 0.1) is 12.8 Å². The molecule has 112 valence electrons. The SMILES string of the molecule is CNC(c1cccc(C)c1)C1(N(C)C)CCCC(C)C1. The van der Waals surface area contributed by atoms with Crippen molar-refractivity contribution in [3.8, 4) is 0 Å². The van der Waals surface area contributed by atoms with Crippen molar-refractivity contribution in [3.05, 3.63) is 35.4 Å². The van der Waals surface area contributed by atoms with Gasteiger partial charge in [0.05, 0.1) is 6.04 Å². The molecule has 20 heavy (non-hydrogen) atoms. The molecule has 0 aromatic heterocycles. The maximum absolute atomic E-state index is 3.62. The Morgan fingerprint density at radius 2 is 2.10 bits per heavy atom. The summed E-state index contributed by atoms with van der Waals surface area (Å²) in [5.41, 5.74) is 3.01. The maximum atomic E-state index is 3.62. The smallest absolute Gasteiger partial charge is 0.0504 e. The Kier molecular flexibility index (Phi) is 4.87. The third-order valence-electron chi connectivity index (χ3n) is 5.10. The summed E-state index contributed by atoms with van der Waals surface area (Å²) in [5, 5.41) is 3.62. The van der Waals surface area contributed by atoms with E-state index in [2.05, 4.69) is 69.5 Å². The lowest BCUT2D eigenvalue weighted by atomic mass is 9.69. The van der Waals surface area contributed by atoms with Crippen LogP contribution in [0.2, 0.25) is 0 Å². The van der Waals surface area contributed by atoms with Crippen molar-refractivity contribution in [3.63, 3.8) is 0 Å². The molecule has 1 N–H and O–H groups in total. The molecule has 2 rings (SSSR count). The van der Waals surface area contributed by atoms with Crippen molar-refractivity contribution >= 4 is 0 Å². The number of nitrogens with zero attached hydrogens (tertiary/aromatic N) is 1. The van der Waals surface area contributed by atoms with Crippen molar-refractivity contribution in [2.45, 2.75) is 51.1 Å². The van der Waals surface area contributed by atoms with Gasteiger partial charge in [-0.25, -0.2) is 0 Å². The normalized spacial score (nSPS) is 28.6. The highest BCUT2D eigenvalue weighted by molar-refractivity contribution is 5.28. The monoisotopic (exact) mass is 274 g/mol. The van der Waals surface area contributed by atoms with Gasteiger partial charge in [0.15, 0.2) is 0 Å². The van der Waals surface area contributed by atoms with E-state index in [1.807, 2.05) is 0 Å². The van der Waals surface area contributed by atoms with Crippen LogP contribution in [0.1, 0.15) is 49.8 Å². The fraction of sp³-hybridized carbons (Fsp3) is 0.667. The quantitative estimate of drug-likeness (QED) is 0.899. The van der Waals surface area contributed by atoms with E-state index in [1.54, 1.807) is 0 Å². The van der Waals surface area contributed by atoms with Crippen molar-refractivity contribution < 1.29 is 0 Å². The van der Waals surface area contributed by atoms with Crippen LogP contribution in [-0.4, -0.2) is 31.6 Å². The van der Waals surface area contributed by atoms with Gasteiger partial charge in [-0.1, -0.05) is 49.6 Å². The number of rotatable bonds is 4. The Labute approximate surface area is 124 Å².